The smallest absolute Gasteiger partial charge is 0.334 e. The van der Waals surface area contributed by atoms with E-state index in [2.05, 4.69) is 13.5 Å². The molecule has 1 aliphatic heterocycles. The van der Waals surface area contributed by atoms with Gasteiger partial charge in [-0.15, -0.1) is 0 Å². The van der Waals surface area contributed by atoms with Crippen LogP contribution in [0.25, 0.3) is 0 Å². The van der Waals surface area contributed by atoms with E-state index >= 15 is 0 Å². The molecule has 0 amide bonds. The minimum Gasteiger partial charge on any atom is -0.458 e. The molecule has 0 spiro atoms. The quantitative estimate of drug-likeness (QED) is 0.477. The summed E-state index contributed by atoms with van der Waals surface area (Å²) >= 11 is 0. The van der Waals surface area contributed by atoms with E-state index < -0.39 is 0 Å². The zero-order valence-corrected chi connectivity index (χ0v) is 10.2. The Morgan fingerprint density at radius 2 is 2.18 bits per heavy atom. The Bertz CT molecular complexity index is 412. The Morgan fingerprint density at radius 3 is 2.94 bits per heavy atom. The van der Waals surface area contributed by atoms with Crippen LogP contribution in [0.2, 0.25) is 0 Å². The number of esters is 1. The van der Waals surface area contributed by atoms with Gasteiger partial charge in [-0.2, -0.15) is 0 Å². The molecular weight excluding hydrogens is 216 g/mol. The van der Waals surface area contributed by atoms with E-state index in [0.29, 0.717) is 17.8 Å². The summed E-state index contributed by atoms with van der Waals surface area (Å²) in [6.07, 6.45) is 4.35. The number of ether oxygens (including phenoxy) is 1. The third-order valence-electron chi connectivity index (χ3n) is 4.98. The van der Waals surface area contributed by atoms with Crippen molar-refractivity contribution in [3.05, 3.63) is 12.2 Å². The molecule has 4 unspecified atom stereocenters. The highest BCUT2D eigenvalue weighted by Crippen LogP contribution is 2.54. The first-order valence-electron chi connectivity index (χ1n) is 6.44. The van der Waals surface area contributed by atoms with Gasteiger partial charge in [0.25, 0.3) is 0 Å². The van der Waals surface area contributed by atoms with E-state index in [0.717, 1.165) is 25.7 Å². The molecule has 0 aromatic carbocycles. The summed E-state index contributed by atoms with van der Waals surface area (Å²) in [6, 6.07) is 0. The molecule has 0 aromatic heterocycles. The highest BCUT2D eigenvalue weighted by Gasteiger charge is 2.54. The first kappa shape index (κ1) is 11.0. The molecule has 0 N–H and O–H groups in total. The second-order valence-corrected chi connectivity index (χ2v) is 6.04. The van der Waals surface area contributed by atoms with Crippen LogP contribution in [0, 0.1) is 17.3 Å². The number of carbonyl (C=O) groups is 2. The highest BCUT2D eigenvalue weighted by atomic mass is 16.6. The van der Waals surface area contributed by atoms with Gasteiger partial charge in [-0.25, -0.2) is 4.79 Å². The number of Topliss-reactive ketones (excluding diaryl/α,β-unsaturated/α-hetero) is 1. The molecule has 3 fully saturated rings. The van der Waals surface area contributed by atoms with E-state index in [4.69, 9.17) is 4.74 Å². The maximum absolute atomic E-state index is 12.1. The van der Waals surface area contributed by atoms with Crippen LogP contribution in [0.1, 0.15) is 39.0 Å². The van der Waals surface area contributed by atoms with E-state index in [1.807, 2.05) is 0 Å². The van der Waals surface area contributed by atoms with Gasteiger partial charge in [0.15, 0.2) is 0 Å². The SMILES string of the molecule is C=C1C(=O)OC2CC3(C)CCCC(=O)C3CC12. The molecule has 3 nitrogen and oxygen atoms in total. The molecule has 92 valence electrons. The van der Waals surface area contributed by atoms with Crippen molar-refractivity contribution in [3.8, 4) is 0 Å². The van der Waals surface area contributed by atoms with Crippen molar-refractivity contribution < 1.29 is 14.3 Å². The number of ketones is 1. The monoisotopic (exact) mass is 234 g/mol. The zero-order chi connectivity index (χ0) is 12.2. The van der Waals surface area contributed by atoms with Crippen molar-refractivity contribution in [1.29, 1.82) is 0 Å². The third kappa shape index (κ3) is 1.48. The molecule has 0 radical (unpaired) electrons. The van der Waals surface area contributed by atoms with Gasteiger partial charge in [0.05, 0.1) is 0 Å². The molecule has 4 atom stereocenters. The highest BCUT2D eigenvalue weighted by molar-refractivity contribution is 5.91. The van der Waals surface area contributed by atoms with Crippen molar-refractivity contribution in [2.75, 3.05) is 0 Å². The number of hydrogen-bond donors (Lipinski definition) is 0. The van der Waals surface area contributed by atoms with Crippen LogP contribution in [-0.4, -0.2) is 17.9 Å². The molecular formula is C14H18O3. The molecule has 0 bridgehead atoms. The van der Waals surface area contributed by atoms with Gasteiger partial charge >= 0.3 is 5.97 Å². The van der Waals surface area contributed by atoms with Crippen LogP contribution in [-0.2, 0) is 14.3 Å². The number of fused-ring (bicyclic) bond motifs is 2. The van der Waals surface area contributed by atoms with E-state index in [9.17, 15) is 9.59 Å². The molecule has 2 aliphatic carbocycles. The van der Waals surface area contributed by atoms with Crippen molar-refractivity contribution in [3.63, 3.8) is 0 Å². The lowest BCUT2D eigenvalue weighted by Gasteiger charge is -2.47. The average Bonchev–Trinajstić information content (AvgIpc) is 2.52. The topological polar surface area (TPSA) is 43.4 Å². The predicted octanol–water partition coefficient (Wildman–Crippen LogP) is 2.25. The van der Waals surface area contributed by atoms with Gasteiger partial charge in [0.2, 0.25) is 0 Å². The fraction of sp³-hybridized carbons (Fsp3) is 0.714. The predicted molar refractivity (Wildman–Crippen MR) is 62.2 cm³/mol. The Kier molecular flexibility index (Phi) is 2.22. The normalized spacial score (nSPS) is 45.2. The first-order chi connectivity index (χ1) is 8.01. The molecule has 3 aliphatic rings. The lowest BCUT2D eigenvalue weighted by atomic mass is 9.57. The number of hydrogen-bond acceptors (Lipinski definition) is 3. The summed E-state index contributed by atoms with van der Waals surface area (Å²) in [5.74, 6) is 0.324. The largest absolute Gasteiger partial charge is 0.458 e. The molecule has 1 saturated heterocycles. The summed E-state index contributed by atoms with van der Waals surface area (Å²) in [6.45, 7) is 6.00. The number of rotatable bonds is 0. The maximum atomic E-state index is 12.1. The summed E-state index contributed by atoms with van der Waals surface area (Å²) in [5, 5.41) is 0. The van der Waals surface area contributed by atoms with Crippen LogP contribution in [0.5, 0.6) is 0 Å². The molecule has 17 heavy (non-hydrogen) atoms. The van der Waals surface area contributed by atoms with Gasteiger partial charge in [-0.05, 0) is 31.1 Å². The summed E-state index contributed by atoms with van der Waals surface area (Å²) in [5.41, 5.74) is 0.622. The lowest BCUT2D eigenvalue weighted by Crippen LogP contribution is -2.46. The summed E-state index contributed by atoms with van der Waals surface area (Å²) < 4.78 is 5.38. The Labute approximate surface area is 101 Å². The maximum Gasteiger partial charge on any atom is 0.334 e. The fourth-order valence-corrected chi connectivity index (χ4v) is 3.93. The van der Waals surface area contributed by atoms with Crippen molar-refractivity contribution in [1.82, 2.24) is 0 Å². The third-order valence-corrected chi connectivity index (χ3v) is 4.98. The van der Waals surface area contributed by atoms with Crippen LogP contribution in [0.4, 0.5) is 0 Å². The molecule has 3 heteroatoms. The standard InChI is InChI=1S/C14H18O3/c1-8-9-6-10-11(15)4-3-5-14(10,2)7-12(9)17-13(8)16/h9-10,12H,1,3-7H2,2H3. The van der Waals surface area contributed by atoms with Gasteiger partial charge in [-0.1, -0.05) is 13.5 Å². The second kappa shape index (κ2) is 3.44. The second-order valence-electron chi connectivity index (χ2n) is 6.04. The lowest BCUT2D eigenvalue weighted by molar-refractivity contribution is -0.145. The van der Waals surface area contributed by atoms with Crippen LogP contribution in [0.15, 0.2) is 12.2 Å². The average molecular weight is 234 g/mol. The molecule has 2 saturated carbocycles. The Hall–Kier alpha value is -1.12. The van der Waals surface area contributed by atoms with Crippen molar-refractivity contribution in [2.45, 2.75) is 45.1 Å². The van der Waals surface area contributed by atoms with Crippen LogP contribution >= 0.6 is 0 Å². The molecule has 1 heterocycles. The first-order valence-corrected chi connectivity index (χ1v) is 6.44. The van der Waals surface area contributed by atoms with E-state index in [-0.39, 0.29) is 29.3 Å². The summed E-state index contributed by atoms with van der Waals surface area (Å²) in [4.78, 5) is 23.6. The van der Waals surface area contributed by atoms with Crippen LogP contribution < -0.4 is 0 Å². The number of carbonyl (C=O) groups excluding carboxylic acids is 2. The van der Waals surface area contributed by atoms with Gasteiger partial charge < -0.3 is 4.74 Å². The molecule has 3 rings (SSSR count). The van der Waals surface area contributed by atoms with Crippen molar-refractivity contribution in [2.24, 2.45) is 17.3 Å². The fourth-order valence-electron chi connectivity index (χ4n) is 3.93. The Balaban J connectivity index is 1.91. The van der Waals surface area contributed by atoms with E-state index in [1.165, 1.54) is 0 Å². The van der Waals surface area contributed by atoms with Gasteiger partial charge in [-0.3, -0.25) is 4.79 Å². The van der Waals surface area contributed by atoms with Gasteiger partial charge in [0.1, 0.15) is 11.9 Å². The molecule has 0 aromatic rings. The zero-order valence-electron chi connectivity index (χ0n) is 10.2. The van der Waals surface area contributed by atoms with E-state index in [1.54, 1.807) is 0 Å². The minimum absolute atomic E-state index is 0.0258. The minimum atomic E-state index is -0.255. The van der Waals surface area contributed by atoms with Crippen molar-refractivity contribution >= 4 is 11.8 Å². The summed E-state index contributed by atoms with van der Waals surface area (Å²) in [7, 11) is 0. The van der Waals surface area contributed by atoms with Crippen LogP contribution in [0.3, 0.4) is 0 Å². The van der Waals surface area contributed by atoms with Gasteiger partial charge in [0, 0.05) is 23.8 Å². The Morgan fingerprint density at radius 1 is 1.41 bits per heavy atom.